The second-order valence-electron chi connectivity index (χ2n) is 2.00. The molecular weight excluding hydrogens is 219 g/mol. The average Bonchev–Trinajstić information content (AvgIpc) is 2.27. The second kappa shape index (κ2) is 9.26. The lowest BCUT2D eigenvalue weighted by molar-refractivity contribution is -0.384. The molecule has 0 heterocycles. The van der Waals surface area contributed by atoms with Crippen molar-refractivity contribution in [2.75, 3.05) is 12.9 Å². The molecule has 15 heavy (non-hydrogen) atoms. The Hall–Kier alpha value is -1.30. The molecule has 0 aliphatic carbocycles. The maximum atomic E-state index is 10.2. The third kappa shape index (κ3) is 5.90. The van der Waals surface area contributed by atoms with Crippen molar-refractivity contribution in [1.82, 2.24) is 0 Å². The number of nitrogen functional groups attached to an aromatic ring is 1. The van der Waals surface area contributed by atoms with Crippen molar-refractivity contribution >= 4 is 24.0 Å². The van der Waals surface area contributed by atoms with E-state index in [9.17, 15) is 14.5 Å². The van der Waals surface area contributed by atoms with Gasteiger partial charge < -0.3 is 5.73 Å². The molecule has 0 spiro atoms. The van der Waals surface area contributed by atoms with Gasteiger partial charge in [-0.15, -0.1) is 12.6 Å². The van der Waals surface area contributed by atoms with Gasteiger partial charge in [-0.05, 0) is 6.07 Å². The van der Waals surface area contributed by atoms with Crippen molar-refractivity contribution < 1.29 is 9.31 Å². The van der Waals surface area contributed by atoms with Gasteiger partial charge in [-0.1, -0.05) is 13.8 Å². The van der Waals surface area contributed by atoms with Gasteiger partial charge in [0.05, 0.1) is 17.8 Å². The van der Waals surface area contributed by atoms with E-state index in [0.717, 1.165) is 0 Å². The molecular formula is C9H15FN2O2S. The number of rotatable bonds is 1. The van der Waals surface area contributed by atoms with Gasteiger partial charge in [0, 0.05) is 17.0 Å². The molecule has 0 bridgehead atoms. The van der Waals surface area contributed by atoms with Crippen LogP contribution >= 0.6 is 12.6 Å². The van der Waals surface area contributed by atoms with Crippen LogP contribution in [0.5, 0.6) is 0 Å². The lowest BCUT2D eigenvalue weighted by Crippen LogP contribution is -1.91. The number of hydrogen-bond donors (Lipinski definition) is 2. The number of halogens is 1. The lowest BCUT2D eigenvalue weighted by Gasteiger charge is -1.96. The molecule has 0 saturated carbocycles. The Balaban J connectivity index is 0. The number of alkyl halides is 1. The Morgan fingerprint density at radius 3 is 2.20 bits per heavy atom. The number of thiol groups is 1. The third-order valence-corrected chi connectivity index (χ3v) is 1.63. The van der Waals surface area contributed by atoms with Gasteiger partial charge >= 0.3 is 0 Å². The molecule has 0 atom stereocenters. The summed E-state index contributed by atoms with van der Waals surface area (Å²) in [6.07, 6.45) is 0. The molecule has 4 nitrogen and oxygen atoms in total. The molecule has 0 aliphatic rings. The molecule has 0 saturated heterocycles. The van der Waals surface area contributed by atoms with E-state index in [-0.39, 0.29) is 5.69 Å². The molecule has 0 amide bonds. The maximum absolute atomic E-state index is 10.2. The molecule has 0 aromatic heterocycles. The van der Waals surface area contributed by atoms with Crippen LogP contribution in [0.2, 0.25) is 0 Å². The van der Waals surface area contributed by atoms with Crippen molar-refractivity contribution in [3.8, 4) is 0 Å². The SMILES string of the molecule is CC.CF.Nc1cc([N+](=O)[O-])ccc1S. The standard InChI is InChI=1S/C6H6N2O2S.C2H6.CH3F/c7-5-3-4(8(9)10)1-2-6(5)11;2*1-2/h1-3,11H,7H2;1-2H3;1H3. The van der Waals surface area contributed by atoms with Crippen LogP contribution in [0, 0.1) is 10.1 Å². The second-order valence-corrected chi connectivity index (χ2v) is 2.48. The number of nitro groups is 1. The smallest absolute Gasteiger partial charge is 0.271 e. The van der Waals surface area contributed by atoms with E-state index in [2.05, 4.69) is 12.6 Å². The van der Waals surface area contributed by atoms with Crippen molar-refractivity contribution in [3.05, 3.63) is 28.3 Å². The monoisotopic (exact) mass is 234 g/mol. The molecule has 1 rings (SSSR count). The summed E-state index contributed by atoms with van der Waals surface area (Å²) >= 11 is 3.97. The molecule has 1 aromatic carbocycles. The van der Waals surface area contributed by atoms with E-state index in [0.29, 0.717) is 17.8 Å². The van der Waals surface area contributed by atoms with Crippen LogP contribution in [0.1, 0.15) is 13.8 Å². The third-order valence-electron chi connectivity index (χ3n) is 1.22. The van der Waals surface area contributed by atoms with Crippen LogP contribution in [-0.4, -0.2) is 12.1 Å². The number of anilines is 1. The van der Waals surface area contributed by atoms with Gasteiger partial charge in [-0.25, -0.2) is 0 Å². The summed E-state index contributed by atoms with van der Waals surface area (Å²) < 4.78 is 9.50. The predicted molar refractivity (Wildman–Crippen MR) is 63.1 cm³/mol. The molecule has 0 unspecified atom stereocenters. The number of non-ortho nitro benzene ring substituents is 1. The molecule has 1 aromatic rings. The molecule has 86 valence electrons. The Labute approximate surface area is 93.9 Å². The van der Waals surface area contributed by atoms with Crippen molar-refractivity contribution in [2.45, 2.75) is 18.7 Å². The van der Waals surface area contributed by atoms with Crippen molar-refractivity contribution in [3.63, 3.8) is 0 Å². The highest BCUT2D eigenvalue weighted by Crippen LogP contribution is 2.21. The zero-order chi connectivity index (χ0) is 12.4. The Morgan fingerprint density at radius 2 is 1.87 bits per heavy atom. The summed E-state index contributed by atoms with van der Waals surface area (Å²) in [5.41, 5.74) is 5.69. The fraction of sp³-hybridized carbons (Fsp3) is 0.333. The van der Waals surface area contributed by atoms with Crippen LogP contribution in [0.25, 0.3) is 0 Å². The summed E-state index contributed by atoms with van der Waals surface area (Å²) in [5, 5.41) is 10.2. The molecule has 2 N–H and O–H groups in total. The Morgan fingerprint density at radius 1 is 1.40 bits per heavy atom. The van der Waals surface area contributed by atoms with E-state index < -0.39 is 4.92 Å². The summed E-state index contributed by atoms with van der Waals surface area (Å²) in [5.74, 6) is 0. The number of benzene rings is 1. The zero-order valence-corrected chi connectivity index (χ0v) is 9.79. The maximum Gasteiger partial charge on any atom is 0.271 e. The summed E-state index contributed by atoms with van der Waals surface area (Å²) in [7, 11) is 0.500. The Bertz CT molecular complexity index is 308. The van der Waals surface area contributed by atoms with E-state index in [1.807, 2.05) is 13.8 Å². The van der Waals surface area contributed by atoms with E-state index in [1.54, 1.807) is 0 Å². The topological polar surface area (TPSA) is 69.2 Å². The number of nitrogens with zero attached hydrogens (tertiary/aromatic N) is 1. The first-order valence-electron chi connectivity index (χ1n) is 4.22. The Kier molecular flexibility index (Phi) is 9.97. The zero-order valence-electron chi connectivity index (χ0n) is 8.90. The van der Waals surface area contributed by atoms with Gasteiger partial charge in [0.1, 0.15) is 0 Å². The highest BCUT2D eigenvalue weighted by atomic mass is 32.1. The summed E-state index contributed by atoms with van der Waals surface area (Å²) in [4.78, 5) is 10.2. The van der Waals surface area contributed by atoms with Crippen molar-refractivity contribution in [1.29, 1.82) is 0 Å². The highest BCUT2D eigenvalue weighted by Gasteiger charge is 2.05. The van der Waals surface area contributed by atoms with Crippen LogP contribution in [-0.2, 0) is 0 Å². The van der Waals surface area contributed by atoms with Crippen LogP contribution in [0.15, 0.2) is 23.1 Å². The first-order valence-corrected chi connectivity index (χ1v) is 4.66. The fourth-order valence-corrected chi connectivity index (χ4v) is 0.795. The van der Waals surface area contributed by atoms with Gasteiger partial charge in [0.25, 0.3) is 5.69 Å². The normalized spacial score (nSPS) is 7.80. The quantitative estimate of drug-likeness (QED) is 0.339. The fourth-order valence-electron chi connectivity index (χ4n) is 0.655. The van der Waals surface area contributed by atoms with Gasteiger partial charge in [-0.3, -0.25) is 14.5 Å². The molecule has 0 aliphatic heterocycles. The predicted octanol–water partition coefficient (Wildman–Crippen LogP) is 3.08. The van der Waals surface area contributed by atoms with E-state index in [4.69, 9.17) is 5.73 Å². The minimum atomic E-state index is -0.496. The van der Waals surface area contributed by atoms with Crippen LogP contribution in [0.3, 0.4) is 0 Å². The van der Waals surface area contributed by atoms with Crippen molar-refractivity contribution in [2.24, 2.45) is 0 Å². The minimum absolute atomic E-state index is 0.0136. The molecule has 6 heteroatoms. The van der Waals surface area contributed by atoms with E-state index >= 15 is 0 Å². The average molecular weight is 234 g/mol. The highest BCUT2D eigenvalue weighted by molar-refractivity contribution is 7.80. The number of nitro benzene ring substituents is 1. The lowest BCUT2D eigenvalue weighted by atomic mass is 10.3. The largest absolute Gasteiger partial charge is 0.398 e. The van der Waals surface area contributed by atoms with Gasteiger partial charge in [0.2, 0.25) is 0 Å². The van der Waals surface area contributed by atoms with Crippen LogP contribution in [0.4, 0.5) is 15.8 Å². The van der Waals surface area contributed by atoms with E-state index in [1.165, 1.54) is 18.2 Å². The molecule has 0 fully saturated rings. The summed E-state index contributed by atoms with van der Waals surface area (Å²) in [6, 6.07) is 4.14. The number of hydrogen-bond acceptors (Lipinski definition) is 4. The van der Waals surface area contributed by atoms with Gasteiger partial charge in [-0.2, -0.15) is 0 Å². The van der Waals surface area contributed by atoms with Gasteiger partial charge in [0.15, 0.2) is 0 Å². The first-order chi connectivity index (χ1) is 7.11. The molecule has 0 radical (unpaired) electrons. The summed E-state index contributed by atoms with van der Waals surface area (Å²) in [6.45, 7) is 4.00. The minimum Gasteiger partial charge on any atom is -0.398 e. The first kappa shape index (κ1) is 16.1. The van der Waals surface area contributed by atoms with Crippen LogP contribution < -0.4 is 5.73 Å². The number of nitrogens with two attached hydrogens (primary N) is 1.